The van der Waals surface area contributed by atoms with E-state index in [4.69, 9.17) is 4.52 Å². The summed E-state index contributed by atoms with van der Waals surface area (Å²) in [5.74, 6) is 1.81. The quantitative estimate of drug-likeness (QED) is 0.714. The number of nitrogens with zero attached hydrogens (tertiary/aromatic N) is 3. The predicted molar refractivity (Wildman–Crippen MR) is 82.0 cm³/mol. The van der Waals surface area contributed by atoms with Crippen molar-refractivity contribution >= 4 is 0 Å². The van der Waals surface area contributed by atoms with E-state index in [1.54, 1.807) is 0 Å². The molecule has 0 spiro atoms. The lowest BCUT2D eigenvalue weighted by Crippen LogP contribution is -2.31. The summed E-state index contributed by atoms with van der Waals surface area (Å²) in [4.78, 5) is 6.90. The number of hydrogen-bond donors (Lipinski definition) is 1. The van der Waals surface area contributed by atoms with E-state index in [0.29, 0.717) is 6.04 Å². The topological polar surface area (TPSA) is 54.2 Å². The zero-order valence-corrected chi connectivity index (χ0v) is 13.6. The molecule has 0 bridgehead atoms. The van der Waals surface area contributed by atoms with Gasteiger partial charge in [0.15, 0.2) is 5.82 Å². The third-order valence-electron chi connectivity index (χ3n) is 3.89. The molecule has 0 aliphatic heterocycles. The van der Waals surface area contributed by atoms with Crippen LogP contribution in [0.25, 0.3) is 0 Å². The molecule has 1 rings (SSSR count). The predicted octanol–water partition coefficient (Wildman–Crippen LogP) is 2.45. The first kappa shape index (κ1) is 17.1. The van der Waals surface area contributed by atoms with Gasteiger partial charge in [-0.05, 0) is 33.0 Å². The van der Waals surface area contributed by atoms with Crippen molar-refractivity contribution in [3.05, 3.63) is 11.7 Å². The van der Waals surface area contributed by atoms with Gasteiger partial charge < -0.3 is 14.7 Å². The van der Waals surface area contributed by atoms with Gasteiger partial charge in [0.1, 0.15) is 0 Å². The second-order valence-electron chi connectivity index (χ2n) is 5.36. The third-order valence-corrected chi connectivity index (χ3v) is 3.89. The number of hydrogen-bond acceptors (Lipinski definition) is 5. The molecule has 0 amide bonds. The number of aromatic nitrogens is 2. The first-order chi connectivity index (χ1) is 9.62. The maximum atomic E-state index is 5.41. The van der Waals surface area contributed by atoms with Crippen molar-refractivity contribution in [1.82, 2.24) is 20.4 Å². The Morgan fingerprint density at radius 2 is 1.90 bits per heavy atom. The van der Waals surface area contributed by atoms with Crippen molar-refractivity contribution in [2.75, 3.05) is 26.2 Å². The molecule has 0 aromatic carbocycles. The van der Waals surface area contributed by atoms with E-state index in [2.05, 4.69) is 55.0 Å². The summed E-state index contributed by atoms with van der Waals surface area (Å²) >= 11 is 0. The van der Waals surface area contributed by atoms with Crippen molar-refractivity contribution in [2.24, 2.45) is 0 Å². The summed E-state index contributed by atoms with van der Waals surface area (Å²) in [5.41, 5.74) is 0. The molecular formula is C15H30N4O. The molecular weight excluding hydrogens is 252 g/mol. The largest absolute Gasteiger partial charge is 0.339 e. The van der Waals surface area contributed by atoms with Crippen LogP contribution in [0, 0.1) is 0 Å². The maximum absolute atomic E-state index is 5.41. The van der Waals surface area contributed by atoms with Crippen LogP contribution in [0.5, 0.6) is 0 Å². The van der Waals surface area contributed by atoms with Gasteiger partial charge in [-0.25, -0.2) is 0 Å². The van der Waals surface area contributed by atoms with Gasteiger partial charge in [-0.15, -0.1) is 0 Å². The van der Waals surface area contributed by atoms with E-state index in [-0.39, 0.29) is 5.92 Å². The first-order valence-electron chi connectivity index (χ1n) is 7.90. The highest BCUT2D eigenvalue weighted by Crippen LogP contribution is 2.17. The lowest BCUT2D eigenvalue weighted by atomic mass is 10.0. The summed E-state index contributed by atoms with van der Waals surface area (Å²) < 4.78 is 5.41. The Bertz CT molecular complexity index is 363. The highest BCUT2D eigenvalue weighted by atomic mass is 16.5. The van der Waals surface area contributed by atoms with E-state index >= 15 is 0 Å². The molecule has 20 heavy (non-hydrogen) atoms. The van der Waals surface area contributed by atoms with Gasteiger partial charge in [0, 0.05) is 19.0 Å². The van der Waals surface area contributed by atoms with Gasteiger partial charge in [-0.3, -0.25) is 0 Å². The van der Waals surface area contributed by atoms with Crippen LogP contribution in [0.4, 0.5) is 0 Å². The molecule has 0 saturated carbocycles. The highest BCUT2D eigenvalue weighted by molar-refractivity contribution is 4.96. The third kappa shape index (κ3) is 5.21. The Balaban J connectivity index is 2.49. The van der Waals surface area contributed by atoms with Crippen LogP contribution in [-0.4, -0.2) is 47.3 Å². The molecule has 1 aromatic heterocycles. The van der Waals surface area contributed by atoms with Crippen molar-refractivity contribution in [3.63, 3.8) is 0 Å². The lowest BCUT2D eigenvalue weighted by Gasteiger charge is -2.17. The molecule has 0 saturated heterocycles. The molecule has 1 N–H and O–H groups in total. The minimum Gasteiger partial charge on any atom is -0.339 e. The molecule has 0 aliphatic carbocycles. The Morgan fingerprint density at radius 3 is 2.50 bits per heavy atom. The SMILES string of the molecule is CCCNC(C)C(C)c1nc(CCN(CC)CC)no1. The Hall–Kier alpha value is -0.940. The highest BCUT2D eigenvalue weighted by Gasteiger charge is 2.20. The van der Waals surface area contributed by atoms with Crippen molar-refractivity contribution < 1.29 is 4.52 Å². The van der Waals surface area contributed by atoms with Gasteiger partial charge in [0.05, 0.1) is 5.92 Å². The molecule has 1 heterocycles. The minimum absolute atomic E-state index is 0.247. The van der Waals surface area contributed by atoms with Crippen LogP contribution >= 0.6 is 0 Å². The molecule has 1 aromatic rings. The van der Waals surface area contributed by atoms with Crippen molar-refractivity contribution in [2.45, 2.75) is 59.4 Å². The van der Waals surface area contributed by atoms with E-state index in [9.17, 15) is 0 Å². The van der Waals surface area contributed by atoms with Gasteiger partial charge >= 0.3 is 0 Å². The second kappa shape index (κ2) is 9.08. The molecule has 0 fully saturated rings. The van der Waals surface area contributed by atoms with E-state index in [1.807, 2.05) is 0 Å². The molecule has 116 valence electrons. The van der Waals surface area contributed by atoms with Gasteiger partial charge in [-0.1, -0.05) is 32.9 Å². The average Bonchev–Trinajstić information content (AvgIpc) is 2.93. The summed E-state index contributed by atoms with van der Waals surface area (Å²) in [6.45, 7) is 15.0. The average molecular weight is 282 g/mol. The lowest BCUT2D eigenvalue weighted by molar-refractivity contribution is 0.300. The van der Waals surface area contributed by atoms with E-state index < -0.39 is 0 Å². The minimum atomic E-state index is 0.247. The summed E-state index contributed by atoms with van der Waals surface area (Å²) in [5, 5.41) is 7.57. The molecule has 2 atom stereocenters. The van der Waals surface area contributed by atoms with Gasteiger partial charge in [0.25, 0.3) is 0 Å². The van der Waals surface area contributed by atoms with Crippen molar-refractivity contribution in [3.8, 4) is 0 Å². The Labute approximate surface area is 123 Å². The second-order valence-corrected chi connectivity index (χ2v) is 5.36. The van der Waals surface area contributed by atoms with Gasteiger partial charge in [-0.2, -0.15) is 4.98 Å². The van der Waals surface area contributed by atoms with Crippen LogP contribution in [0.2, 0.25) is 0 Å². The standard InChI is InChI=1S/C15H30N4O/c1-6-10-16-13(5)12(4)15-17-14(18-20-15)9-11-19(7-2)8-3/h12-13,16H,6-11H2,1-5H3. The molecule has 0 aliphatic rings. The fraction of sp³-hybridized carbons (Fsp3) is 0.867. The van der Waals surface area contributed by atoms with Crippen molar-refractivity contribution in [1.29, 1.82) is 0 Å². The Morgan fingerprint density at radius 1 is 1.20 bits per heavy atom. The van der Waals surface area contributed by atoms with Crippen LogP contribution < -0.4 is 5.32 Å². The number of nitrogens with one attached hydrogen (secondary N) is 1. The first-order valence-corrected chi connectivity index (χ1v) is 7.90. The maximum Gasteiger partial charge on any atom is 0.231 e. The molecule has 0 radical (unpaired) electrons. The van der Waals surface area contributed by atoms with Crippen LogP contribution in [0.15, 0.2) is 4.52 Å². The van der Waals surface area contributed by atoms with Crippen LogP contribution in [-0.2, 0) is 6.42 Å². The number of likely N-dealkylation sites (N-methyl/N-ethyl adjacent to an activating group) is 1. The number of rotatable bonds is 10. The fourth-order valence-electron chi connectivity index (χ4n) is 2.11. The monoisotopic (exact) mass is 282 g/mol. The molecule has 5 nitrogen and oxygen atoms in total. The zero-order chi connectivity index (χ0) is 15.0. The fourth-order valence-corrected chi connectivity index (χ4v) is 2.11. The van der Waals surface area contributed by atoms with Crippen LogP contribution in [0.3, 0.4) is 0 Å². The van der Waals surface area contributed by atoms with E-state index in [1.165, 1.54) is 0 Å². The summed E-state index contributed by atoms with van der Waals surface area (Å²) in [6, 6.07) is 0.353. The van der Waals surface area contributed by atoms with Crippen LogP contribution in [0.1, 0.15) is 58.7 Å². The Kier molecular flexibility index (Phi) is 7.77. The van der Waals surface area contributed by atoms with Gasteiger partial charge in [0.2, 0.25) is 5.89 Å². The summed E-state index contributed by atoms with van der Waals surface area (Å²) in [6.07, 6.45) is 1.99. The summed E-state index contributed by atoms with van der Waals surface area (Å²) in [7, 11) is 0. The van der Waals surface area contributed by atoms with E-state index in [0.717, 1.165) is 50.7 Å². The normalized spacial score (nSPS) is 14.7. The molecule has 2 unspecified atom stereocenters. The zero-order valence-electron chi connectivity index (χ0n) is 13.6. The smallest absolute Gasteiger partial charge is 0.231 e. The molecule has 5 heteroatoms.